The monoisotopic (exact) mass is 402 g/mol. The summed E-state index contributed by atoms with van der Waals surface area (Å²) in [6, 6.07) is 16.0. The van der Waals surface area contributed by atoms with Crippen molar-refractivity contribution in [3.63, 3.8) is 0 Å². The molecular formula is C24H23FN4O. The van der Waals surface area contributed by atoms with Gasteiger partial charge in [-0.15, -0.1) is 0 Å². The second-order valence-electron chi connectivity index (χ2n) is 7.91. The minimum atomic E-state index is -0.740. The van der Waals surface area contributed by atoms with Crippen LogP contribution in [0.25, 0.3) is 22.3 Å². The Balaban J connectivity index is 1.46. The summed E-state index contributed by atoms with van der Waals surface area (Å²) in [6.07, 6.45) is 2.43. The summed E-state index contributed by atoms with van der Waals surface area (Å²) in [5.41, 5.74) is 12.8. The first-order chi connectivity index (χ1) is 14.6. The van der Waals surface area contributed by atoms with Crippen molar-refractivity contribution in [1.29, 1.82) is 0 Å². The summed E-state index contributed by atoms with van der Waals surface area (Å²) in [5, 5.41) is 2.87. The summed E-state index contributed by atoms with van der Waals surface area (Å²) in [7, 11) is 0. The molecule has 5 rings (SSSR count). The number of hydrogen-bond acceptors (Lipinski definition) is 4. The predicted octanol–water partition coefficient (Wildman–Crippen LogP) is 3.83. The van der Waals surface area contributed by atoms with Crippen LogP contribution in [-0.4, -0.2) is 36.7 Å². The molecule has 0 aliphatic carbocycles. The molecule has 0 spiro atoms. The zero-order chi connectivity index (χ0) is 20.7. The highest BCUT2D eigenvalue weighted by Crippen LogP contribution is 2.32. The van der Waals surface area contributed by atoms with Crippen LogP contribution >= 0.6 is 0 Å². The van der Waals surface area contributed by atoms with Crippen LogP contribution < -0.4 is 16.0 Å². The number of amides is 1. The number of carbonyl (C=O) groups is 1. The summed E-state index contributed by atoms with van der Waals surface area (Å²) >= 11 is 0. The van der Waals surface area contributed by atoms with E-state index in [-0.39, 0.29) is 5.91 Å². The van der Waals surface area contributed by atoms with Crippen molar-refractivity contribution in [3.05, 3.63) is 65.9 Å². The van der Waals surface area contributed by atoms with Crippen LogP contribution in [0.2, 0.25) is 0 Å². The number of pyridine rings is 1. The van der Waals surface area contributed by atoms with Gasteiger partial charge in [0.15, 0.2) is 0 Å². The zero-order valence-corrected chi connectivity index (χ0v) is 16.6. The molecule has 1 amide bonds. The van der Waals surface area contributed by atoms with E-state index in [1.807, 2.05) is 48.5 Å². The van der Waals surface area contributed by atoms with Gasteiger partial charge in [-0.25, -0.2) is 9.37 Å². The number of hydrogen-bond donors (Lipinski definition) is 2. The fourth-order valence-corrected chi connectivity index (χ4v) is 4.28. The van der Waals surface area contributed by atoms with Crippen molar-refractivity contribution in [2.24, 2.45) is 0 Å². The van der Waals surface area contributed by atoms with E-state index in [2.05, 4.69) is 15.2 Å². The van der Waals surface area contributed by atoms with Gasteiger partial charge in [-0.3, -0.25) is 4.79 Å². The van der Waals surface area contributed by atoms with Gasteiger partial charge in [0, 0.05) is 48.2 Å². The number of nitrogen functional groups attached to an aromatic ring is 1. The molecule has 1 atom stereocenters. The number of halogens is 1. The number of rotatable bonds is 3. The number of carbonyl (C=O) groups excluding carboxylic acids is 1. The molecule has 1 aromatic heterocycles. The molecule has 3 heterocycles. The molecule has 152 valence electrons. The third-order valence-electron chi connectivity index (χ3n) is 5.96. The van der Waals surface area contributed by atoms with E-state index in [1.54, 1.807) is 6.20 Å². The van der Waals surface area contributed by atoms with Crippen molar-refractivity contribution in [1.82, 2.24) is 10.3 Å². The van der Waals surface area contributed by atoms with E-state index in [0.29, 0.717) is 25.3 Å². The molecule has 0 bridgehead atoms. The normalized spacial score (nSPS) is 18.2. The summed E-state index contributed by atoms with van der Waals surface area (Å²) in [6.45, 7) is 1.86. The summed E-state index contributed by atoms with van der Waals surface area (Å²) < 4.78 is 13.5. The maximum Gasteiger partial charge on any atom is 0.251 e. The Morgan fingerprint density at radius 3 is 2.60 bits per heavy atom. The number of benzene rings is 2. The van der Waals surface area contributed by atoms with E-state index in [1.165, 1.54) is 0 Å². The maximum absolute atomic E-state index is 13.5. The number of nitrogens with two attached hydrogens (primary N) is 1. The lowest BCUT2D eigenvalue weighted by atomic mass is 9.94. The molecule has 6 heteroatoms. The lowest BCUT2D eigenvalue weighted by Crippen LogP contribution is -2.31. The van der Waals surface area contributed by atoms with E-state index in [0.717, 1.165) is 52.0 Å². The molecule has 1 fully saturated rings. The number of alkyl halides is 1. The first-order valence-electron chi connectivity index (χ1n) is 10.2. The van der Waals surface area contributed by atoms with E-state index in [4.69, 9.17) is 5.73 Å². The Labute approximate surface area is 174 Å². The number of fused-ring (bicyclic) bond motifs is 1. The van der Waals surface area contributed by atoms with Gasteiger partial charge in [0.2, 0.25) is 0 Å². The third-order valence-corrected chi connectivity index (χ3v) is 5.96. The average molecular weight is 402 g/mol. The number of nitrogens with zero attached hydrogens (tertiary/aromatic N) is 2. The molecule has 1 saturated heterocycles. The number of anilines is 2. The second-order valence-corrected chi connectivity index (χ2v) is 7.91. The minimum absolute atomic E-state index is 0.0279. The first-order valence-corrected chi connectivity index (χ1v) is 10.2. The van der Waals surface area contributed by atoms with E-state index >= 15 is 0 Å². The van der Waals surface area contributed by atoms with Gasteiger partial charge in [-0.1, -0.05) is 24.3 Å². The fraction of sp³-hybridized carbons (Fsp3) is 0.250. The highest BCUT2D eigenvalue weighted by molar-refractivity contribution is 5.97. The predicted molar refractivity (Wildman–Crippen MR) is 117 cm³/mol. The van der Waals surface area contributed by atoms with Gasteiger partial charge in [0.25, 0.3) is 5.91 Å². The van der Waals surface area contributed by atoms with Crippen LogP contribution in [-0.2, 0) is 6.42 Å². The topological polar surface area (TPSA) is 71.2 Å². The van der Waals surface area contributed by atoms with Crippen molar-refractivity contribution in [2.75, 3.05) is 30.3 Å². The standard InChI is InChI=1S/C24H23FN4O/c25-19-8-10-29(14-19)20-4-1-15(2-5-20)18-12-22(23(26)28-13-18)16-3-6-21-17(11-16)7-9-27-24(21)30/h1-6,11-13,19H,7-10,14H2,(H2,26,28)(H,27,30)/t19-/m0/s1. The molecule has 2 aromatic carbocycles. The van der Waals surface area contributed by atoms with Crippen molar-refractivity contribution in [3.8, 4) is 22.3 Å². The molecule has 2 aliphatic rings. The molecule has 3 N–H and O–H groups in total. The molecule has 0 radical (unpaired) electrons. The molecule has 5 nitrogen and oxygen atoms in total. The Morgan fingerprint density at radius 1 is 1.03 bits per heavy atom. The van der Waals surface area contributed by atoms with Crippen LogP contribution in [0.5, 0.6) is 0 Å². The largest absolute Gasteiger partial charge is 0.383 e. The first kappa shape index (κ1) is 18.6. The maximum atomic E-state index is 13.5. The molecular weight excluding hydrogens is 379 g/mol. The molecule has 0 unspecified atom stereocenters. The Bertz CT molecular complexity index is 1110. The third kappa shape index (κ3) is 3.38. The molecule has 3 aromatic rings. The smallest absolute Gasteiger partial charge is 0.251 e. The van der Waals surface area contributed by atoms with Gasteiger partial charge in [-0.2, -0.15) is 0 Å². The molecule has 2 aliphatic heterocycles. The Hall–Kier alpha value is -3.41. The quantitative estimate of drug-likeness (QED) is 0.699. The lowest BCUT2D eigenvalue weighted by Gasteiger charge is -2.18. The molecule has 30 heavy (non-hydrogen) atoms. The van der Waals surface area contributed by atoms with Crippen molar-refractivity contribution >= 4 is 17.4 Å². The number of aromatic nitrogens is 1. The Morgan fingerprint density at radius 2 is 1.83 bits per heavy atom. The highest BCUT2D eigenvalue weighted by atomic mass is 19.1. The van der Waals surface area contributed by atoms with Crippen LogP contribution in [0.1, 0.15) is 22.3 Å². The Kier molecular flexibility index (Phi) is 4.62. The van der Waals surface area contributed by atoms with E-state index < -0.39 is 6.17 Å². The summed E-state index contributed by atoms with van der Waals surface area (Å²) in [4.78, 5) is 18.5. The van der Waals surface area contributed by atoms with E-state index in [9.17, 15) is 9.18 Å². The van der Waals surface area contributed by atoms with Crippen LogP contribution in [0.4, 0.5) is 15.9 Å². The fourth-order valence-electron chi connectivity index (χ4n) is 4.28. The average Bonchev–Trinajstić information content (AvgIpc) is 3.20. The van der Waals surface area contributed by atoms with Gasteiger partial charge in [0.05, 0.1) is 0 Å². The van der Waals surface area contributed by atoms with Gasteiger partial charge < -0.3 is 16.0 Å². The second kappa shape index (κ2) is 7.44. The lowest BCUT2D eigenvalue weighted by molar-refractivity contribution is 0.0946. The summed E-state index contributed by atoms with van der Waals surface area (Å²) in [5.74, 6) is 0.432. The highest BCUT2D eigenvalue weighted by Gasteiger charge is 2.22. The van der Waals surface area contributed by atoms with Gasteiger partial charge >= 0.3 is 0 Å². The SMILES string of the molecule is Nc1ncc(-c2ccc(N3CC[C@H](F)C3)cc2)cc1-c1ccc2c(c1)CCNC2=O. The molecule has 0 saturated carbocycles. The minimum Gasteiger partial charge on any atom is -0.383 e. The van der Waals surface area contributed by atoms with Crippen molar-refractivity contribution < 1.29 is 9.18 Å². The zero-order valence-electron chi connectivity index (χ0n) is 16.6. The number of nitrogens with one attached hydrogen (secondary N) is 1. The van der Waals surface area contributed by atoms with Crippen LogP contribution in [0, 0.1) is 0 Å². The van der Waals surface area contributed by atoms with Gasteiger partial charge in [0.1, 0.15) is 12.0 Å². The van der Waals surface area contributed by atoms with Crippen LogP contribution in [0.15, 0.2) is 54.7 Å². The van der Waals surface area contributed by atoms with Crippen molar-refractivity contribution in [2.45, 2.75) is 19.0 Å². The van der Waals surface area contributed by atoms with Crippen LogP contribution in [0.3, 0.4) is 0 Å². The van der Waals surface area contributed by atoms with Gasteiger partial charge in [-0.05, 0) is 53.8 Å².